The third kappa shape index (κ3) is 2.35. The minimum Gasteiger partial charge on any atom is -0.325 e. The molecule has 2 N–H and O–H groups in total. The normalized spacial score (nSPS) is 10.3. The van der Waals surface area contributed by atoms with Gasteiger partial charge in [-0.2, -0.15) is 5.10 Å². The lowest BCUT2D eigenvalue weighted by atomic mass is 10.2. The molecule has 0 atom stereocenters. The monoisotopic (exact) mass is 215 g/mol. The van der Waals surface area contributed by atoms with E-state index in [4.69, 9.17) is 5.73 Å². The molecule has 1 heterocycles. The highest BCUT2D eigenvalue weighted by molar-refractivity contribution is 5.15. The number of benzene rings is 1. The molecule has 4 nitrogen and oxygen atoms in total. The lowest BCUT2D eigenvalue weighted by Crippen LogP contribution is -2.24. The second-order valence-electron chi connectivity index (χ2n) is 3.51. The largest absolute Gasteiger partial charge is 0.325 e. The van der Waals surface area contributed by atoms with Crippen molar-refractivity contribution < 1.29 is 0 Å². The summed E-state index contributed by atoms with van der Waals surface area (Å²) in [6.07, 6.45) is 0. The fraction of sp³-hybridized carbons (Fsp3) is 0.167. The molecule has 0 spiro atoms. The van der Waals surface area contributed by atoms with Gasteiger partial charge in [-0.05, 0) is 11.6 Å². The van der Waals surface area contributed by atoms with E-state index >= 15 is 0 Å². The van der Waals surface area contributed by atoms with Crippen molar-refractivity contribution in [1.82, 2.24) is 9.78 Å². The molecule has 0 aliphatic rings. The van der Waals surface area contributed by atoms with E-state index in [0.717, 1.165) is 11.3 Å². The van der Waals surface area contributed by atoms with Gasteiger partial charge in [0.2, 0.25) is 0 Å². The van der Waals surface area contributed by atoms with Crippen LogP contribution in [-0.2, 0) is 13.1 Å². The van der Waals surface area contributed by atoms with Gasteiger partial charge >= 0.3 is 0 Å². The Balaban J connectivity index is 2.31. The lowest BCUT2D eigenvalue weighted by molar-refractivity contribution is 0.619. The molecule has 4 heteroatoms. The molecule has 0 saturated carbocycles. The summed E-state index contributed by atoms with van der Waals surface area (Å²) in [5.74, 6) is 0. The first-order valence-corrected chi connectivity index (χ1v) is 5.10. The minimum atomic E-state index is -0.110. The molecule has 0 radical (unpaired) electrons. The SMILES string of the molecule is NCc1ccc(=O)n(Cc2ccccc2)n1. The van der Waals surface area contributed by atoms with Crippen LogP contribution < -0.4 is 11.3 Å². The summed E-state index contributed by atoms with van der Waals surface area (Å²) >= 11 is 0. The van der Waals surface area contributed by atoms with Gasteiger partial charge < -0.3 is 5.73 Å². The van der Waals surface area contributed by atoms with Gasteiger partial charge in [0.25, 0.3) is 5.56 Å². The van der Waals surface area contributed by atoms with Gasteiger partial charge in [0.15, 0.2) is 0 Å². The first-order chi connectivity index (χ1) is 7.79. The van der Waals surface area contributed by atoms with Crippen LogP contribution in [0, 0.1) is 0 Å². The molecule has 0 saturated heterocycles. The van der Waals surface area contributed by atoms with E-state index in [1.807, 2.05) is 30.3 Å². The Labute approximate surface area is 93.3 Å². The number of nitrogens with zero attached hydrogens (tertiary/aromatic N) is 2. The topological polar surface area (TPSA) is 60.9 Å². The molecule has 82 valence electrons. The maximum atomic E-state index is 11.6. The Morgan fingerprint density at radius 2 is 1.88 bits per heavy atom. The van der Waals surface area contributed by atoms with Crippen LogP contribution in [0.1, 0.15) is 11.3 Å². The van der Waals surface area contributed by atoms with Crippen LogP contribution in [-0.4, -0.2) is 9.78 Å². The van der Waals surface area contributed by atoms with Gasteiger partial charge in [-0.1, -0.05) is 30.3 Å². The van der Waals surface area contributed by atoms with E-state index in [0.29, 0.717) is 13.1 Å². The Kier molecular flexibility index (Phi) is 3.12. The fourth-order valence-corrected chi connectivity index (χ4v) is 1.47. The molecule has 0 fully saturated rings. The standard InChI is InChI=1S/C12H13N3O/c13-8-11-6-7-12(16)15(14-11)9-10-4-2-1-3-5-10/h1-7H,8-9,13H2. The second kappa shape index (κ2) is 4.72. The van der Waals surface area contributed by atoms with Gasteiger partial charge in [-0.25, -0.2) is 4.68 Å². The number of hydrogen-bond acceptors (Lipinski definition) is 3. The van der Waals surface area contributed by atoms with Crippen LogP contribution in [0.2, 0.25) is 0 Å². The summed E-state index contributed by atoms with van der Waals surface area (Å²) < 4.78 is 1.43. The summed E-state index contributed by atoms with van der Waals surface area (Å²) in [6, 6.07) is 12.9. The summed E-state index contributed by atoms with van der Waals surface area (Å²) in [5.41, 5.74) is 7.14. The molecule has 1 aromatic heterocycles. The summed E-state index contributed by atoms with van der Waals surface area (Å²) in [6.45, 7) is 0.822. The average Bonchev–Trinajstić information content (AvgIpc) is 2.33. The van der Waals surface area contributed by atoms with E-state index < -0.39 is 0 Å². The quantitative estimate of drug-likeness (QED) is 0.821. The second-order valence-corrected chi connectivity index (χ2v) is 3.51. The zero-order chi connectivity index (χ0) is 11.4. The number of aromatic nitrogens is 2. The highest BCUT2D eigenvalue weighted by atomic mass is 16.1. The smallest absolute Gasteiger partial charge is 0.267 e. The van der Waals surface area contributed by atoms with Crippen molar-refractivity contribution >= 4 is 0 Å². The molecule has 2 rings (SSSR count). The molecule has 0 amide bonds. The van der Waals surface area contributed by atoms with E-state index in [9.17, 15) is 4.79 Å². The van der Waals surface area contributed by atoms with Gasteiger partial charge in [-0.15, -0.1) is 0 Å². The molecular weight excluding hydrogens is 202 g/mol. The fourth-order valence-electron chi connectivity index (χ4n) is 1.47. The maximum Gasteiger partial charge on any atom is 0.267 e. The average molecular weight is 215 g/mol. The molecule has 0 bridgehead atoms. The summed E-state index contributed by atoms with van der Waals surface area (Å²) in [4.78, 5) is 11.6. The van der Waals surface area contributed by atoms with Crippen molar-refractivity contribution in [2.24, 2.45) is 5.73 Å². The van der Waals surface area contributed by atoms with Crippen LogP contribution in [0.15, 0.2) is 47.3 Å². The summed E-state index contributed by atoms with van der Waals surface area (Å²) in [7, 11) is 0. The van der Waals surface area contributed by atoms with Crippen molar-refractivity contribution in [2.45, 2.75) is 13.1 Å². The Hall–Kier alpha value is -1.94. The molecule has 16 heavy (non-hydrogen) atoms. The minimum absolute atomic E-state index is 0.110. The molecule has 0 aliphatic heterocycles. The van der Waals surface area contributed by atoms with Crippen molar-refractivity contribution in [3.8, 4) is 0 Å². The van der Waals surface area contributed by atoms with Gasteiger partial charge in [0.05, 0.1) is 12.2 Å². The van der Waals surface area contributed by atoms with Crippen LogP contribution >= 0.6 is 0 Å². The van der Waals surface area contributed by atoms with Gasteiger partial charge in [0, 0.05) is 12.6 Å². The maximum absolute atomic E-state index is 11.6. The van der Waals surface area contributed by atoms with Crippen LogP contribution in [0.4, 0.5) is 0 Å². The first-order valence-electron chi connectivity index (χ1n) is 5.10. The number of rotatable bonds is 3. The zero-order valence-electron chi connectivity index (χ0n) is 8.84. The zero-order valence-corrected chi connectivity index (χ0v) is 8.84. The Bertz CT molecular complexity index is 519. The number of nitrogens with two attached hydrogens (primary N) is 1. The third-order valence-corrected chi connectivity index (χ3v) is 2.31. The molecule has 0 unspecified atom stereocenters. The van der Waals surface area contributed by atoms with E-state index in [1.54, 1.807) is 6.07 Å². The third-order valence-electron chi connectivity index (χ3n) is 2.31. The predicted molar refractivity (Wildman–Crippen MR) is 61.9 cm³/mol. The van der Waals surface area contributed by atoms with E-state index in [1.165, 1.54) is 10.7 Å². The Morgan fingerprint density at radius 3 is 2.56 bits per heavy atom. The number of hydrogen-bond donors (Lipinski definition) is 1. The molecule has 2 aromatic rings. The van der Waals surface area contributed by atoms with Gasteiger partial charge in [0.1, 0.15) is 0 Å². The van der Waals surface area contributed by atoms with E-state index in [2.05, 4.69) is 5.10 Å². The van der Waals surface area contributed by atoms with Crippen molar-refractivity contribution in [3.63, 3.8) is 0 Å². The summed E-state index contributed by atoms with van der Waals surface area (Å²) in [5, 5.41) is 4.17. The highest BCUT2D eigenvalue weighted by Gasteiger charge is 2.00. The van der Waals surface area contributed by atoms with Crippen LogP contribution in [0.25, 0.3) is 0 Å². The van der Waals surface area contributed by atoms with E-state index in [-0.39, 0.29) is 5.56 Å². The Morgan fingerprint density at radius 1 is 1.12 bits per heavy atom. The van der Waals surface area contributed by atoms with Gasteiger partial charge in [-0.3, -0.25) is 4.79 Å². The van der Waals surface area contributed by atoms with Crippen molar-refractivity contribution in [2.75, 3.05) is 0 Å². The molecule has 0 aliphatic carbocycles. The highest BCUT2D eigenvalue weighted by Crippen LogP contribution is 1.99. The van der Waals surface area contributed by atoms with Crippen molar-refractivity contribution in [1.29, 1.82) is 0 Å². The van der Waals surface area contributed by atoms with Crippen molar-refractivity contribution in [3.05, 3.63) is 64.1 Å². The molecular formula is C12H13N3O. The van der Waals surface area contributed by atoms with Crippen LogP contribution in [0.5, 0.6) is 0 Å². The molecule has 1 aromatic carbocycles. The first kappa shape index (κ1) is 10.6. The predicted octanol–water partition coefficient (Wildman–Crippen LogP) is 0.750. The lowest BCUT2D eigenvalue weighted by Gasteiger charge is -2.05. The van der Waals surface area contributed by atoms with Crippen LogP contribution in [0.3, 0.4) is 0 Å².